The minimum Gasteiger partial charge on any atom is -0.431 e. The molecule has 1 saturated carbocycles. The maximum atomic E-state index is 13.4. The molecule has 2 aromatic rings. The Kier molecular flexibility index (Phi) is 4.77. The second-order valence-corrected chi connectivity index (χ2v) is 6.79. The molecule has 0 saturated heterocycles. The number of hydrogen-bond donors (Lipinski definition) is 1. The molecule has 2 aliphatic rings. The monoisotopic (exact) mass is 405 g/mol. The summed E-state index contributed by atoms with van der Waals surface area (Å²) in [6, 6.07) is 8.56. The van der Waals surface area contributed by atoms with E-state index in [-0.39, 0.29) is 12.6 Å². The average Bonchev–Trinajstić information content (AvgIpc) is 3.45. The first-order valence-corrected chi connectivity index (χ1v) is 8.99. The Hall–Kier alpha value is -3.30. The van der Waals surface area contributed by atoms with Gasteiger partial charge in [0.05, 0.1) is 0 Å². The van der Waals surface area contributed by atoms with E-state index in [4.69, 9.17) is 4.42 Å². The number of amidine groups is 1. The van der Waals surface area contributed by atoms with Gasteiger partial charge in [-0.25, -0.2) is 9.98 Å². The second-order valence-electron chi connectivity index (χ2n) is 6.79. The fraction of sp³-hybridized carbons (Fsp3) is 0.316. The molecular formula is C19H18F3N5O2. The van der Waals surface area contributed by atoms with E-state index < -0.39 is 23.5 Å². The lowest BCUT2D eigenvalue weighted by molar-refractivity contribution is -0.153. The van der Waals surface area contributed by atoms with Gasteiger partial charge in [0.15, 0.2) is 5.69 Å². The highest BCUT2D eigenvalue weighted by atomic mass is 19.4. The van der Waals surface area contributed by atoms with Crippen molar-refractivity contribution in [2.45, 2.75) is 25.1 Å². The Labute approximate surface area is 164 Å². The van der Waals surface area contributed by atoms with Crippen LogP contribution in [-0.4, -0.2) is 46.4 Å². The number of benzene rings is 1. The van der Waals surface area contributed by atoms with Gasteiger partial charge < -0.3 is 9.32 Å². The summed E-state index contributed by atoms with van der Waals surface area (Å²) in [6.07, 6.45) is 0.623. The van der Waals surface area contributed by atoms with Gasteiger partial charge in [0.2, 0.25) is 11.7 Å². The van der Waals surface area contributed by atoms with Crippen molar-refractivity contribution in [3.63, 3.8) is 0 Å². The number of nitrogens with one attached hydrogen (secondary N) is 1. The van der Waals surface area contributed by atoms with E-state index in [0.29, 0.717) is 11.6 Å². The summed E-state index contributed by atoms with van der Waals surface area (Å²) in [7, 11) is 1.94. The van der Waals surface area contributed by atoms with Crippen LogP contribution in [0.2, 0.25) is 0 Å². The molecule has 29 heavy (non-hydrogen) atoms. The van der Waals surface area contributed by atoms with Crippen LogP contribution in [0.5, 0.6) is 0 Å². The standard InChI is InChI=1S/C19H18F3N5O2/c1-26(13-7-8-13)14-9-10-27(11-23-14)25-17(28)15-16(19(20,21)22)29-18(24-15)12-5-3-2-4-6-12/h2-6,9-10,13H,7-8,11H2,1H3,(H,25,28). The number of hydrazine groups is 1. The average molecular weight is 405 g/mol. The van der Waals surface area contributed by atoms with Gasteiger partial charge >= 0.3 is 6.18 Å². The molecule has 0 radical (unpaired) electrons. The number of carbonyl (C=O) groups excluding carboxylic acids is 1. The number of oxazole rings is 1. The van der Waals surface area contributed by atoms with Crippen molar-refractivity contribution in [1.29, 1.82) is 0 Å². The maximum absolute atomic E-state index is 13.4. The second kappa shape index (κ2) is 7.26. The molecule has 1 aromatic carbocycles. The van der Waals surface area contributed by atoms with Gasteiger partial charge in [-0.2, -0.15) is 13.2 Å². The minimum atomic E-state index is -4.86. The normalized spacial score (nSPS) is 16.6. The predicted octanol–water partition coefficient (Wildman–Crippen LogP) is 3.28. The number of amides is 1. The molecule has 0 bridgehead atoms. The van der Waals surface area contributed by atoms with Crippen LogP contribution < -0.4 is 5.43 Å². The summed E-state index contributed by atoms with van der Waals surface area (Å²) in [6.45, 7) is 0.0827. The van der Waals surface area contributed by atoms with Crippen molar-refractivity contribution in [3.05, 3.63) is 54.1 Å². The largest absolute Gasteiger partial charge is 0.452 e. The van der Waals surface area contributed by atoms with Crippen LogP contribution in [0.15, 0.2) is 52.0 Å². The fourth-order valence-electron chi connectivity index (χ4n) is 2.91. The van der Waals surface area contributed by atoms with E-state index in [1.54, 1.807) is 42.6 Å². The van der Waals surface area contributed by atoms with Gasteiger partial charge in [-0.15, -0.1) is 0 Å². The van der Waals surface area contributed by atoms with Crippen molar-refractivity contribution in [1.82, 2.24) is 20.3 Å². The van der Waals surface area contributed by atoms with Crippen molar-refractivity contribution >= 4 is 11.7 Å². The molecule has 1 aromatic heterocycles. The van der Waals surface area contributed by atoms with E-state index in [2.05, 4.69) is 15.4 Å². The van der Waals surface area contributed by atoms with Crippen LogP contribution >= 0.6 is 0 Å². The van der Waals surface area contributed by atoms with E-state index in [1.807, 2.05) is 11.9 Å². The molecule has 4 rings (SSSR count). The number of aliphatic imine (C=N–C) groups is 1. The quantitative estimate of drug-likeness (QED) is 0.845. The van der Waals surface area contributed by atoms with E-state index in [1.165, 1.54) is 5.01 Å². The molecule has 10 heteroatoms. The molecule has 1 aliphatic carbocycles. The Morgan fingerprint density at radius 3 is 2.59 bits per heavy atom. The molecule has 1 aliphatic heterocycles. The molecule has 0 unspecified atom stereocenters. The number of aromatic nitrogens is 1. The van der Waals surface area contributed by atoms with Crippen LogP contribution in [-0.2, 0) is 6.18 Å². The summed E-state index contributed by atoms with van der Waals surface area (Å²) in [4.78, 5) is 22.7. The topological polar surface area (TPSA) is 74.0 Å². The van der Waals surface area contributed by atoms with Crippen LogP contribution in [0, 0.1) is 0 Å². The molecule has 1 fully saturated rings. The highest BCUT2D eigenvalue weighted by molar-refractivity contribution is 5.95. The molecule has 0 spiro atoms. The predicted molar refractivity (Wildman–Crippen MR) is 98.5 cm³/mol. The molecule has 0 atom stereocenters. The summed E-state index contributed by atoms with van der Waals surface area (Å²) in [5, 5.41) is 1.30. The van der Waals surface area contributed by atoms with Crippen LogP contribution in [0.4, 0.5) is 13.2 Å². The molecule has 1 amide bonds. The zero-order valence-electron chi connectivity index (χ0n) is 15.5. The maximum Gasteiger partial charge on any atom is 0.452 e. The number of alkyl halides is 3. The van der Waals surface area contributed by atoms with E-state index in [9.17, 15) is 18.0 Å². The van der Waals surface area contributed by atoms with Gasteiger partial charge in [0.1, 0.15) is 12.5 Å². The van der Waals surface area contributed by atoms with Crippen molar-refractivity contribution < 1.29 is 22.4 Å². The first kappa shape index (κ1) is 19.0. The lowest BCUT2D eigenvalue weighted by Crippen LogP contribution is -2.42. The number of carbonyl (C=O) groups is 1. The summed E-state index contributed by atoms with van der Waals surface area (Å²) < 4.78 is 45.0. The summed E-state index contributed by atoms with van der Waals surface area (Å²) in [5.41, 5.74) is 1.89. The Balaban J connectivity index is 1.51. The first-order chi connectivity index (χ1) is 13.8. The smallest absolute Gasteiger partial charge is 0.431 e. The Morgan fingerprint density at radius 2 is 2.00 bits per heavy atom. The van der Waals surface area contributed by atoms with Gasteiger partial charge in [-0.3, -0.25) is 15.2 Å². The van der Waals surface area contributed by atoms with E-state index in [0.717, 1.165) is 18.7 Å². The Morgan fingerprint density at radius 1 is 1.28 bits per heavy atom. The number of likely N-dealkylation sites (N-methyl/N-ethyl adjacent to an activating group) is 1. The van der Waals surface area contributed by atoms with Gasteiger partial charge in [0.25, 0.3) is 5.91 Å². The lowest BCUT2D eigenvalue weighted by atomic mass is 10.2. The molecule has 2 heterocycles. The zero-order valence-corrected chi connectivity index (χ0v) is 15.5. The SMILES string of the molecule is CN(C1=NCN(NC(=O)c2nc(-c3ccccc3)oc2C(F)(F)F)C=C1)C1CC1. The first-order valence-electron chi connectivity index (χ1n) is 8.99. The number of nitrogens with zero attached hydrogens (tertiary/aromatic N) is 4. The van der Waals surface area contributed by atoms with Crippen LogP contribution in [0.3, 0.4) is 0 Å². The summed E-state index contributed by atoms with van der Waals surface area (Å²) >= 11 is 0. The van der Waals surface area contributed by atoms with E-state index >= 15 is 0 Å². The third-order valence-electron chi connectivity index (χ3n) is 4.61. The third kappa shape index (κ3) is 4.10. The molecule has 1 N–H and O–H groups in total. The van der Waals surface area contributed by atoms with Crippen molar-refractivity contribution in [3.8, 4) is 11.5 Å². The van der Waals surface area contributed by atoms with Crippen molar-refractivity contribution in [2.24, 2.45) is 4.99 Å². The third-order valence-corrected chi connectivity index (χ3v) is 4.61. The molecule has 152 valence electrons. The number of halogens is 3. The number of rotatable bonds is 4. The van der Waals surface area contributed by atoms with Gasteiger partial charge in [0, 0.05) is 24.9 Å². The lowest BCUT2D eigenvalue weighted by Gasteiger charge is -2.26. The highest BCUT2D eigenvalue weighted by Gasteiger charge is 2.42. The minimum absolute atomic E-state index is 0.0827. The number of hydrogen-bond acceptors (Lipinski definition) is 6. The highest BCUT2D eigenvalue weighted by Crippen LogP contribution is 2.35. The van der Waals surface area contributed by atoms with Crippen LogP contribution in [0.1, 0.15) is 29.1 Å². The Bertz CT molecular complexity index is 964. The fourth-order valence-corrected chi connectivity index (χ4v) is 2.91. The van der Waals surface area contributed by atoms with Gasteiger partial charge in [-0.05, 0) is 31.1 Å². The van der Waals surface area contributed by atoms with Gasteiger partial charge in [-0.1, -0.05) is 18.2 Å². The van der Waals surface area contributed by atoms with Crippen molar-refractivity contribution in [2.75, 3.05) is 13.7 Å². The zero-order chi connectivity index (χ0) is 20.6. The van der Waals surface area contributed by atoms with Crippen LogP contribution in [0.25, 0.3) is 11.5 Å². The molecular weight excluding hydrogens is 387 g/mol. The summed E-state index contributed by atoms with van der Waals surface area (Å²) in [5.74, 6) is -1.97. The molecule has 7 nitrogen and oxygen atoms in total.